The monoisotopic (exact) mass is 482 g/mol. The number of anilines is 2. The van der Waals surface area contributed by atoms with Crippen molar-refractivity contribution >= 4 is 39.5 Å². The average molecular weight is 483 g/mol. The summed E-state index contributed by atoms with van der Waals surface area (Å²) in [5, 5.41) is 11.2. The number of imidazole rings is 1. The van der Waals surface area contributed by atoms with E-state index in [-0.39, 0.29) is 5.91 Å². The first-order valence-corrected chi connectivity index (χ1v) is 12.0. The van der Waals surface area contributed by atoms with Crippen molar-refractivity contribution in [1.29, 1.82) is 0 Å². The summed E-state index contributed by atoms with van der Waals surface area (Å²) < 4.78 is 0. The molecule has 1 saturated heterocycles. The summed E-state index contributed by atoms with van der Waals surface area (Å²) in [6.45, 7) is 5.73. The molecule has 6 heterocycles. The second-order valence-corrected chi connectivity index (χ2v) is 8.96. The van der Waals surface area contributed by atoms with Crippen LogP contribution in [-0.4, -0.2) is 79.2 Å². The lowest BCUT2D eigenvalue weighted by Crippen LogP contribution is -2.44. The van der Waals surface area contributed by atoms with Crippen molar-refractivity contribution in [2.24, 2.45) is 0 Å². The average Bonchev–Trinajstić information content (AvgIpc) is 3.53. The van der Waals surface area contributed by atoms with E-state index in [1.807, 2.05) is 31.3 Å². The third kappa shape index (κ3) is 4.03. The van der Waals surface area contributed by atoms with Crippen LogP contribution in [0, 0.1) is 0 Å². The Morgan fingerprint density at radius 2 is 1.89 bits per heavy atom. The molecular weight excluding hydrogens is 456 g/mol. The Hall–Kier alpha value is -4.38. The van der Waals surface area contributed by atoms with Crippen molar-refractivity contribution in [3.8, 4) is 22.6 Å². The molecule has 1 aliphatic heterocycles. The van der Waals surface area contributed by atoms with Gasteiger partial charge in [-0.25, -0.2) is 15.0 Å². The first kappa shape index (κ1) is 22.1. The molecule has 11 nitrogen and oxygen atoms in total. The van der Waals surface area contributed by atoms with Crippen LogP contribution in [0.1, 0.15) is 13.3 Å². The largest absolute Gasteiger partial charge is 0.367 e. The third-order valence-corrected chi connectivity index (χ3v) is 6.52. The van der Waals surface area contributed by atoms with Gasteiger partial charge in [0.05, 0.1) is 23.0 Å². The Kier molecular flexibility index (Phi) is 5.53. The number of H-pyrrole nitrogens is 2. The second-order valence-electron chi connectivity index (χ2n) is 8.96. The van der Waals surface area contributed by atoms with Crippen LogP contribution in [0.5, 0.6) is 0 Å². The Labute approximate surface area is 207 Å². The Morgan fingerprint density at radius 1 is 1.06 bits per heavy atom. The predicted octanol–water partition coefficient (Wildman–Crippen LogP) is 3.06. The van der Waals surface area contributed by atoms with Gasteiger partial charge in [0.15, 0.2) is 17.1 Å². The van der Waals surface area contributed by atoms with E-state index < -0.39 is 0 Å². The SMILES string of the molecule is CCC(=O)Nc1cncc(-c2cnc3[nH]nc(-c4nc5c(N6CCN(C)CC6)ccnc5[nH]4)c3c2)c1. The lowest BCUT2D eigenvalue weighted by molar-refractivity contribution is -0.115. The highest BCUT2D eigenvalue weighted by molar-refractivity contribution is 5.95. The molecule has 0 aromatic carbocycles. The summed E-state index contributed by atoms with van der Waals surface area (Å²) in [6, 6.07) is 5.92. The van der Waals surface area contributed by atoms with E-state index in [0.717, 1.165) is 59.5 Å². The number of nitrogens with one attached hydrogen (secondary N) is 3. The minimum Gasteiger partial charge on any atom is -0.367 e. The molecule has 0 saturated carbocycles. The highest BCUT2D eigenvalue weighted by Gasteiger charge is 2.21. The molecule has 1 amide bonds. The lowest BCUT2D eigenvalue weighted by atomic mass is 10.1. The van der Waals surface area contributed by atoms with Gasteiger partial charge in [-0.15, -0.1) is 0 Å². The van der Waals surface area contributed by atoms with E-state index in [1.165, 1.54) is 0 Å². The van der Waals surface area contributed by atoms with Crippen LogP contribution in [0.25, 0.3) is 44.8 Å². The molecule has 36 heavy (non-hydrogen) atoms. The molecule has 1 fully saturated rings. The van der Waals surface area contributed by atoms with Crippen LogP contribution in [-0.2, 0) is 4.79 Å². The number of rotatable bonds is 5. The van der Waals surface area contributed by atoms with Crippen molar-refractivity contribution in [2.45, 2.75) is 13.3 Å². The smallest absolute Gasteiger partial charge is 0.224 e. The van der Waals surface area contributed by atoms with E-state index in [4.69, 9.17) is 4.98 Å². The first-order valence-electron chi connectivity index (χ1n) is 12.0. The molecule has 0 atom stereocenters. The number of carbonyl (C=O) groups is 1. The summed E-state index contributed by atoms with van der Waals surface area (Å²) in [4.78, 5) is 38.1. The van der Waals surface area contributed by atoms with Crippen molar-refractivity contribution < 1.29 is 4.79 Å². The van der Waals surface area contributed by atoms with Crippen LogP contribution >= 0.6 is 0 Å². The van der Waals surface area contributed by atoms with Gasteiger partial charge in [-0.1, -0.05) is 6.92 Å². The number of piperazine rings is 1. The van der Waals surface area contributed by atoms with Gasteiger partial charge in [-0.05, 0) is 25.2 Å². The number of hydrogen-bond donors (Lipinski definition) is 3. The topological polar surface area (TPSA) is 132 Å². The van der Waals surface area contributed by atoms with Crippen LogP contribution in [0.4, 0.5) is 11.4 Å². The molecule has 0 unspecified atom stereocenters. The van der Waals surface area contributed by atoms with Gasteiger partial charge in [0, 0.05) is 62.3 Å². The maximum absolute atomic E-state index is 11.8. The number of aromatic nitrogens is 7. The normalized spacial score (nSPS) is 14.6. The van der Waals surface area contributed by atoms with Gasteiger partial charge in [0.2, 0.25) is 5.91 Å². The van der Waals surface area contributed by atoms with E-state index in [0.29, 0.717) is 29.3 Å². The molecule has 6 rings (SSSR count). The Morgan fingerprint density at radius 3 is 2.72 bits per heavy atom. The molecule has 0 radical (unpaired) electrons. The van der Waals surface area contributed by atoms with E-state index in [1.54, 1.807) is 18.6 Å². The number of nitrogens with zero attached hydrogens (tertiary/aromatic N) is 7. The zero-order chi connectivity index (χ0) is 24.6. The summed E-state index contributed by atoms with van der Waals surface area (Å²) in [5.41, 5.74) is 6.31. The number of aromatic amines is 2. The number of likely N-dealkylation sites (N-methyl/N-ethyl adjacent to an activating group) is 1. The Bertz CT molecular complexity index is 1560. The van der Waals surface area contributed by atoms with Crippen LogP contribution < -0.4 is 10.2 Å². The molecule has 11 heteroatoms. The van der Waals surface area contributed by atoms with Gasteiger partial charge in [0.25, 0.3) is 0 Å². The minimum atomic E-state index is -0.0610. The standard InChI is InChI=1S/C25H26N10O/c1-3-20(36)29-17-10-15(12-26-14-17)16-11-18-21(32-33-23(18)28-13-16)25-30-22-19(4-5-27-24(22)31-25)35-8-6-34(2)7-9-35/h4-5,10-14H,3,6-9H2,1-2H3,(H,29,36)(H,27,30,31)(H,28,32,33). The van der Waals surface area contributed by atoms with E-state index >= 15 is 0 Å². The predicted molar refractivity (Wildman–Crippen MR) is 139 cm³/mol. The maximum Gasteiger partial charge on any atom is 0.224 e. The van der Waals surface area contributed by atoms with E-state index in [2.05, 4.69) is 52.3 Å². The zero-order valence-electron chi connectivity index (χ0n) is 20.1. The molecule has 0 spiro atoms. The van der Waals surface area contributed by atoms with Crippen LogP contribution in [0.2, 0.25) is 0 Å². The molecule has 182 valence electrons. The zero-order valence-corrected chi connectivity index (χ0v) is 20.1. The van der Waals surface area contributed by atoms with Gasteiger partial charge in [-0.2, -0.15) is 5.10 Å². The minimum absolute atomic E-state index is 0.0610. The molecule has 5 aromatic heterocycles. The van der Waals surface area contributed by atoms with Gasteiger partial charge in [0.1, 0.15) is 11.2 Å². The van der Waals surface area contributed by atoms with Gasteiger partial charge < -0.3 is 20.1 Å². The van der Waals surface area contributed by atoms with Crippen molar-refractivity contribution in [3.63, 3.8) is 0 Å². The van der Waals surface area contributed by atoms with Crippen molar-refractivity contribution in [3.05, 3.63) is 43.0 Å². The number of carbonyl (C=O) groups excluding carboxylic acids is 1. The fraction of sp³-hybridized carbons (Fsp3) is 0.280. The Balaban J connectivity index is 1.38. The van der Waals surface area contributed by atoms with Gasteiger partial charge in [-0.3, -0.25) is 14.9 Å². The number of pyridine rings is 3. The van der Waals surface area contributed by atoms with Crippen LogP contribution in [0.15, 0.2) is 43.0 Å². The fourth-order valence-electron chi connectivity index (χ4n) is 4.47. The number of amides is 1. The summed E-state index contributed by atoms with van der Waals surface area (Å²) in [6.07, 6.45) is 7.36. The molecule has 3 N–H and O–H groups in total. The third-order valence-electron chi connectivity index (χ3n) is 6.52. The van der Waals surface area contributed by atoms with E-state index in [9.17, 15) is 4.79 Å². The van der Waals surface area contributed by atoms with Crippen molar-refractivity contribution in [1.82, 2.24) is 40.0 Å². The first-order chi connectivity index (χ1) is 17.6. The van der Waals surface area contributed by atoms with Crippen LogP contribution in [0.3, 0.4) is 0 Å². The molecule has 0 bridgehead atoms. The second kappa shape index (κ2) is 9.00. The summed E-state index contributed by atoms with van der Waals surface area (Å²) >= 11 is 0. The maximum atomic E-state index is 11.8. The number of fused-ring (bicyclic) bond motifs is 2. The highest BCUT2D eigenvalue weighted by atomic mass is 16.1. The lowest BCUT2D eigenvalue weighted by Gasteiger charge is -2.33. The molecular formula is C25H26N10O. The van der Waals surface area contributed by atoms with Gasteiger partial charge >= 0.3 is 0 Å². The summed E-state index contributed by atoms with van der Waals surface area (Å²) in [5.74, 6) is 0.570. The fourth-order valence-corrected chi connectivity index (χ4v) is 4.47. The summed E-state index contributed by atoms with van der Waals surface area (Å²) in [7, 11) is 2.14. The quantitative estimate of drug-likeness (QED) is 0.348. The number of hydrogen-bond acceptors (Lipinski definition) is 8. The molecule has 5 aromatic rings. The molecule has 0 aliphatic carbocycles. The molecule has 1 aliphatic rings. The highest BCUT2D eigenvalue weighted by Crippen LogP contribution is 2.31. The van der Waals surface area contributed by atoms with Crippen molar-refractivity contribution in [2.75, 3.05) is 43.4 Å².